The molecule has 4 rings (SSSR count). The smallest absolute Gasteiger partial charge is 0.254 e. The molecule has 2 fully saturated rings. The molecule has 2 aromatic heterocycles. The van der Waals surface area contributed by atoms with Crippen molar-refractivity contribution in [2.45, 2.75) is 45.0 Å². The highest BCUT2D eigenvalue weighted by Crippen LogP contribution is 2.36. The van der Waals surface area contributed by atoms with E-state index in [0.29, 0.717) is 31.9 Å². The molecule has 2 aliphatic heterocycles. The van der Waals surface area contributed by atoms with E-state index >= 15 is 0 Å². The molecule has 142 valence electrons. The Morgan fingerprint density at radius 3 is 2.78 bits per heavy atom. The lowest BCUT2D eigenvalue weighted by atomic mass is 9.84. The second-order valence-electron chi connectivity index (χ2n) is 7.58. The van der Waals surface area contributed by atoms with Gasteiger partial charge in [-0.05, 0) is 44.5 Å². The number of aryl methyl sites for hydroxylation is 2. The van der Waals surface area contributed by atoms with Gasteiger partial charge in [0.2, 0.25) is 0 Å². The number of carbonyl (C=O) groups is 1. The van der Waals surface area contributed by atoms with Gasteiger partial charge in [-0.3, -0.25) is 14.8 Å². The molecule has 2 aromatic rings. The zero-order chi connectivity index (χ0) is 18.9. The standard InChI is InChI=1S/C21H25N3O3/c1-15-9-17(10-16(2)23-15)20(25)24-13-21(14-24)11-19(6-8-27-21)26-12-18-5-3-4-7-22-18/h3-5,7,9-10,19H,6,8,11-14H2,1-2H3/t19-/m1/s1. The fourth-order valence-electron chi connectivity index (χ4n) is 3.97. The van der Waals surface area contributed by atoms with Gasteiger partial charge in [-0.1, -0.05) is 6.07 Å². The Balaban J connectivity index is 1.33. The van der Waals surface area contributed by atoms with Crippen LogP contribution in [-0.2, 0) is 16.1 Å². The average molecular weight is 367 g/mol. The molecule has 27 heavy (non-hydrogen) atoms. The maximum absolute atomic E-state index is 12.8. The molecule has 1 atom stereocenters. The van der Waals surface area contributed by atoms with Gasteiger partial charge in [-0.25, -0.2) is 0 Å². The van der Waals surface area contributed by atoms with Gasteiger partial charge >= 0.3 is 0 Å². The maximum Gasteiger partial charge on any atom is 0.254 e. The first-order chi connectivity index (χ1) is 13.0. The third-order valence-corrected chi connectivity index (χ3v) is 5.21. The van der Waals surface area contributed by atoms with Crippen molar-refractivity contribution in [3.05, 3.63) is 59.2 Å². The minimum absolute atomic E-state index is 0.0503. The quantitative estimate of drug-likeness (QED) is 0.831. The minimum atomic E-state index is -0.264. The topological polar surface area (TPSA) is 64.6 Å². The van der Waals surface area contributed by atoms with Crippen LogP contribution in [0.1, 0.15) is 40.3 Å². The summed E-state index contributed by atoms with van der Waals surface area (Å²) in [6, 6.07) is 9.53. The Kier molecular flexibility index (Phi) is 4.93. The van der Waals surface area contributed by atoms with E-state index in [1.54, 1.807) is 6.20 Å². The van der Waals surface area contributed by atoms with Crippen LogP contribution in [0.2, 0.25) is 0 Å². The molecular weight excluding hydrogens is 342 g/mol. The zero-order valence-corrected chi connectivity index (χ0v) is 15.9. The minimum Gasteiger partial charge on any atom is -0.372 e. The van der Waals surface area contributed by atoms with Gasteiger partial charge in [0.1, 0.15) is 5.60 Å². The van der Waals surface area contributed by atoms with Crippen LogP contribution in [0, 0.1) is 13.8 Å². The Labute approximate surface area is 159 Å². The Morgan fingerprint density at radius 2 is 2.07 bits per heavy atom. The van der Waals surface area contributed by atoms with Gasteiger partial charge < -0.3 is 14.4 Å². The van der Waals surface area contributed by atoms with Gasteiger partial charge in [0.05, 0.1) is 31.5 Å². The highest BCUT2D eigenvalue weighted by Gasteiger charge is 2.49. The van der Waals surface area contributed by atoms with Gasteiger partial charge in [0.25, 0.3) is 5.91 Å². The van der Waals surface area contributed by atoms with Crippen LogP contribution in [0.15, 0.2) is 36.5 Å². The number of hydrogen-bond donors (Lipinski definition) is 0. The fourth-order valence-corrected chi connectivity index (χ4v) is 3.97. The van der Waals surface area contributed by atoms with E-state index in [2.05, 4.69) is 9.97 Å². The normalized spacial score (nSPS) is 21.1. The molecule has 4 heterocycles. The molecule has 0 aliphatic carbocycles. The first-order valence-corrected chi connectivity index (χ1v) is 9.43. The number of likely N-dealkylation sites (tertiary alicyclic amines) is 1. The number of hydrogen-bond acceptors (Lipinski definition) is 5. The molecule has 2 saturated heterocycles. The number of carbonyl (C=O) groups excluding carboxylic acids is 1. The van der Waals surface area contributed by atoms with Crippen molar-refractivity contribution in [3.63, 3.8) is 0 Å². The maximum atomic E-state index is 12.8. The van der Waals surface area contributed by atoms with Gasteiger partial charge in [0.15, 0.2) is 0 Å². The highest BCUT2D eigenvalue weighted by atomic mass is 16.5. The number of nitrogens with zero attached hydrogens (tertiary/aromatic N) is 3. The summed E-state index contributed by atoms with van der Waals surface area (Å²) in [6.07, 6.45) is 3.62. The van der Waals surface area contributed by atoms with Gasteiger partial charge in [0, 0.05) is 36.2 Å². The first-order valence-electron chi connectivity index (χ1n) is 9.43. The van der Waals surface area contributed by atoms with Crippen molar-refractivity contribution < 1.29 is 14.3 Å². The largest absolute Gasteiger partial charge is 0.372 e. The molecule has 0 aromatic carbocycles. The lowest BCUT2D eigenvalue weighted by Crippen LogP contribution is -2.67. The number of aromatic nitrogens is 2. The first kappa shape index (κ1) is 18.1. The zero-order valence-electron chi connectivity index (χ0n) is 15.9. The van der Waals surface area contributed by atoms with E-state index in [1.807, 2.05) is 49.1 Å². The number of pyridine rings is 2. The summed E-state index contributed by atoms with van der Waals surface area (Å²) in [5, 5.41) is 0. The molecule has 1 spiro atoms. The lowest BCUT2D eigenvalue weighted by Gasteiger charge is -2.53. The molecule has 0 bridgehead atoms. The Morgan fingerprint density at radius 1 is 1.30 bits per heavy atom. The summed E-state index contributed by atoms with van der Waals surface area (Å²) in [5.74, 6) is 0.0503. The van der Waals surface area contributed by atoms with E-state index in [-0.39, 0.29) is 17.6 Å². The predicted molar refractivity (Wildman–Crippen MR) is 100 cm³/mol. The summed E-state index contributed by atoms with van der Waals surface area (Å²) in [5.41, 5.74) is 3.11. The molecular formula is C21H25N3O3. The van der Waals surface area contributed by atoms with Crippen LogP contribution < -0.4 is 0 Å². The second kappa shape index (κ2) is 7.37. The Hall–Kier alpha value is -2.31. The average Bonchev–Trinajstić information content (AvgIpc) is 2.64. The van der Waals surface area contributed by atoms with E-state index in [9.17, 15) is 4.79 Å². The summed E-state index contributed by atoms with van der Waals surface area (Å²) >= 11 is 0. The summed E-state index contributed by atoms with van der Waals surface area (Å²) in [6.45, 7) is 6.25. The molecule has 6 nitrogen and oxygen atoms in total. The van der Waals surface area contributed by atoms with Crippen molar-refractivity contribution >= 4 is 5.91 Å². The lowest BCUT2D eigenvalue weighted by molar-refractivity contribution is -0.188. The van der Waals surface area contributed by atoms with Crippen molar-refractivity contribution in [1.29, 1.82) is 0 Å². The number of ether oxygens (including phenoxy) is 2. The highest BCUT2D eigenvalue weighted by molar-refractivity contribution is 5.95. The van der Waals surface area contributed by atoms with Crippen LogP contribution in [0.4, 0.5) is 0 Å². The molecule has 2 aliphatic rings. The van der Waals surface area contributed by atoms with Crippen LogP contribution in [0.3, 0.4) is 0 Å². The number of rotatable bonds is 4. The molecule has 0 radical (unpaired) electrons. The van der Waals surface area contributed by atoms with Crippen molar-refractivity contribution in [2.75, 3.05) is 19.7 Å². The van der Waals surface area contributed by atoms with Crippen molar-refractivity contribution in [2.24, 2.45) is 0 Å². The molecule has 1 amide bonds. The predicted octanol–water partition coefficient (Wildman–Crippen LogP) is 2.68. The molecule has 0 saturated carbocycles. The van der Waals surface area contributed by atoms with Crippen molar-refractivity contribution in [1.82, 2.24) is 14.9 Å². The van der Waals surface area contributed by atoms with Crippen LogP contribution in [0.5, 0.6) is 0 Å². The fraction of sp³-hybridized carbons (Fsp3) is 0.476. The molecule has 6 heteroatoms. The third-order valence-electron chi connectivity index (χ3n) is 5.21. The molecule has 0 unspecified atom stereocenters. The van der Waals surface area contributed by atoms with Crippen LogP contribution in [0.25, 0.3) is 0 Å². The second-order valence-corrected chi connectivity index (χ2v) is 7.58. The monoisotopic (exact) mass is 367 g/mol. The van der Waals surface area contributed by atoms with E-state index in [1.165, 1.54) is 0 Å². The summed E-state index contributed by atoms with van der Waals surface area (Å²) in [7, 11) is 0. The SMILES string of the molecule is Cc1cc(C(=O)N2CC3(C[C@H](OCc4ccccn4)CCO3)C2)cc(C)n1. The van der Waals surface area contributed by atoms with Crippen LogP contribution >= 0.6 is 0 Å². The van der Waals surface area contributed by atoms with E-state index in [4.69, 9.17) is 9.47 Å². The van der Waals surface area contributed by atoms with Crippen LogP contribution in [-0.4, -0.2) is 52.2 Å². The third kappa shape index (κ3) is 4.01. The van der Waals surface area contributed by atoms with Gasteiger partial charge in [-0.15, -0.1) is 0 Å². The number of amides is 1. The van der Waals surface area contributed by atoms with Gasteiger partial charge in [-0.2, -0.15) is 0 Å². The van der Waals surface area contributed by atoms with E-state index < -0.39 is 0 Å². The molecule has 0 N–H and O–H groups in total. The summed E-state index contributed by atoms with van der Waals surface area (Å²) < 4.78 is 12.1. The summed E-state index contributed by atoms with van der Waals surface area (Å²) in [4.78, 5) is 23.3. The van der Waals surface area contributed by atoms with E-state index in [0.717, 1.165) is 29.9 Å². The van der Waals surface area contributed by atoms with Crippen molar-refractivity contribution in [3.8, 4) is 0 Å². The Bertz CT molecular complexity index is 798.